The van der Waals surface area contributed by atoms with Crippen molar-refractivity contribution in [2.24, 2.45) is 7.05 Å². The van der Waals surface area contributed by atoms with Crippen molar-refractivity contribution in [3.05, 3.63) is 37.3 Å². The van der Waals surface area contributed by atoms with Gasteiger partial charge in [0.1, 0.15) is 5.52 Å². The van der Waals surface area contributed by atoms with E-state index in [0.717, 1.165) is 17.7 Å². The first kappa shape index (κ1) is 12.6. The fraction of sp³-hybridized carbons (Fsp3) is 0.357. The number of H-pyrrole nitrogens is 2. The van der Waals surface area contributed by atoms with E-state index < -0.39 is 11.2 Å². The molecule has 1 aliphatic carbocycles. The van der Waals surface area contributed by atoms with E-state index in [1.165, 1.54) is 27.8 Å². The van der Waals surface area contributed by atoms with Crippen molar-refractivity contribution < 1.29 is 0 Å². The Kier molecular flexibility index (Phi) is 2.65. The van der Waals surface area contributed by atoms with Crippen LogP contribution in [0.4, 0.5) is 0 Å². The van der Waals surface area contributed by atoms with Crippen molar-refractivity contribution >= 4 is 22.5 Å². The van der Waals surface area contributed by atoms with Crippen molar-refractivity contribution in [3.63, 3.8) is 0 Å². The van der Waals surface area contributed by atoms with Crippen LogP contribution in [0.5, 0.6) is 0 Å². The van der Waals surface area contributed by atoms with Gasteiger partial charge in [-0.05, 0) is 37.3 Å². The van der Waals surface area contributed by atoms with Crippen molar-refractivity contribution in [2.45, 2.75) is 25.7 Å². The number of thiophene rings is 1. The number of hydrogen-bond donors (Lipinski definition) is 2. The molecule has 0 radical (unpaired) electrons. The minimum absolute atomic E-state index is 0.346. The second-order valence-electron chi connectivity index (χ2n) is 5.37. The molecule has 7 heteroatoms. The summed E-state index contributed by atoms with van der Waals surface area (Å²) in [7, 11) is 1.60. The van der Waals surface area contributed by atoms with Crippen LogP contribution in [-0.2, 0) is 19.9 Å². The lowest BCUT2D eigenvalue weighted by Crippen LogP contribution is -2.28. The molecule has 0 amide bonds. The van der Waals surface area contributed by atoms with Crippen molar-refractivity contribution in [1.29, 1.82) is 0 Å². The van der Waals surface area contributed by atoms with E-state index in [1.54, 1.807) is 18.4 Å². The number of nitrogens with one attached hydrogen (secondary N) is 2. The highest BCUT2D eigenvalue weighted by atomic mass is 32.1. The minimum atomic E-state index is -0.448. The molecule has 0 spiro atoms. The van der Waals surface area contributed by atoms with Crippen LogP contribution in [-0.4, -0.2) is 19.5 Å². The van der Waals surface area contributed by atoms with Gasteiger partial charge in [-0.3, -0.25) is 14.3 Å². The molecule has 0 saturated carbocycles. The number of aromatic amines is 2. The Balaban J connectivity index is 1.93. The highest BCUT2D eigenvalue weighted by Gasteiger charge is 2.17. The number of rotatable bonds is 1. The summed E-state index contributed by atoms with van der Waals surface area (Å²) in [6.07, 6.45) is 4.71. The second kappa shape index (κ2) is 4.42. The molecule has 2 N–H and O–H groups in total. The summed E-state index contributed by atoms with van der Waals surface area (Å²) in [5, 5.41) is 0. The maximum absolute atomic E-state index is 11.9. The van der Waals surface area contributed by atoms with Crippen LogP contribution < -0.4 is 11.2 Å². The average molecular weight is 302 g/mol. The van der Waals surface area contributed by atoms with Gasteiger partial charge in [-0.2, -0.15) is 0 Å². The highest BCUT2D eigenvalue weighted by molar-refractivity contribution is 7.15. The maximum Gasteiger partial charge on any atom is 0.329 e. The van der Waals surface area contributed by atoms with Crippen molar-refractivity contribution in [3.8, 4) is 10.7 Å². The number of aryl methyl sites for hydroxylation is 3. The summed E-state index contributed by atoms with van der Waals surface area (Å²) in [5.41, 5.74) is 1.26. The first-order chi connectivity index (χ1) is 10.1. The lowest BCUT2D eigenvalue weighted by Gasteiger charge is -2.08. The van der Waals surface area contributed by atoms with Crippen LogP contribution in [0.15, 0.2) is 15.7 Å². The number of nitrogens with zero attached hydrogens (tertiary/aromatic N) is 2. The van der Waals surface area contributed by atoms with Crippen LogP contribution in [0, 0.1) is 0 Å². The molecule has 0 aromatic carbocycles. The van der Waals surface area contributed by atoms with Gasteiger partial charge in [-0.1, -0.05) is 0 Å². The third-order valence-corrected chi connectivity index (χ3v) is 5.23. The molecule has 0 aliphatic heterocycles. The van der Waals surface area contributed by atoms with E-state index in [4.69, 9.17) is 0 Å². The highest BCUT2D eigenvalue weighted by Crippen LogP contribution is 2.34. The number of hydrogen-bond acceptors (Lipinski definition) is 4. The topological polar surface area (TPSA) is 83.5 Å². The molecule has 21 heavy (non-hydrogen) atoms. The standard InChI is InChI=1S/C14H14N4O2S/c1-18-12-10(13(19)17-14(18)20)15-11(16-12)9-6-7-4-2-3-5-8(7)21-9/h6H,2-5H2,1H3,(H,15,16)(H,17,19,20). The summed E-state index contributed by atoms with van der Waals surface area (Å²) in [4.78, 5) is 35.7. The van der Waals surface area contributed by atoms with Gasteiger partial charge in [0, 0.05) is 11.9 Å². The van der Waals surface area contributed by atoms with Crippen LogP contribution >= 0.6 is 11.3 Å². The molecule has 108 valence electrons. The predicted octanol–water partition coefficient (Wildman–Crippen LogP) is 1.56. The average Bonchev–Trinajstić information content (AvgIpc) is 3.09. The van der Waals surface area contributed by atoms with E-state index in [0.29, 0.717) is 17.0 Å². The predicted molar refractivity (Wildman–Crippen MR) is 81.9 cm³/mol. The van der Waals surface area contributed by atoms with Crippen LogP contribution in [0.25, 0.3) is 21.9 Å². The Morgan fingerprint density at radius 2 is 2.05 bits per heavy atom. The zero-order valence-electron chi connectivity index (χ0n) is 11.5. The number of imidazole rings is 1. The summed E-state index contributed by atoms with van der Waals surface area (Å²) in [6.45, 7) is 0. The Bertz CT molecular complexity index is 936. The van der Waals surface area contributed by atoms with E-state index in [2.05, 4.69) is 21.0 Å². The van der Waals surface area contributed by atoms with Crippen LogP contribution in [0.3, 0.4) is 0 Å². The molecule has 3 aromatic heterocycles. The van der Waals surface area contributed by atoms with Gasteiger partial charge in [-0.25, -0.2) is 9.78 Å². The zero-order valence-corrected chi connectivity index (χ0v) is 12.3. The fourth-order valence-corrected chi connectivity index (χ4v) is 4.03. The molecule has 0 saturated heterocycles. The van der Waals surface area contributed by atoms with Crippen LogP contribution in [0.2, 0.25) is 0 Å². The molecule has 0 bridgehead atoms. The van der Waals surface area contributed by atoms with E-state index >= 15 is 0 Å². The monoisotopic (exact) mass is 302 g/mol. The fourth-order valence-electron chi connectivity index (χ4n) is 2.83. The summed E-state index contributed by atoms with van der Waals surface area (Å²) in [6, 6.07) is 2.16. The first-order valence-electron chi connectivity index (χ1n) is 6.94. The first-order valence-corrected chi connectivity index (χ1v) is 7.76. The van der Waals surface area contributed by atoms with Crippen LogP contribution in [0.1, 0.15) is 23.3 Å². The third-order valence-electron chi connectivity index (χ3n) is 3.98. The summed E-state index contributed by atoms with van der Waals surface area (Å²) >= 11 is 1.73. The molecule has 3 aromatic rings. The van der Waals surface area contributed by atoms with Gasteiger partial charge < -0.3 is 4.98 Å². The van der Waals surface area contributed by atoms with Crippen molar-refractivity contribution in [2.75, 3.05) is 0 Å². The molecule has 0 unspecified atom stereocenters. The van der Waals surface area contributed by atoms with Crippen molar-refractivity contribution in [1.82, 2.24) is 19.5 Å². The van der Waals surface area contributed by atoms with Gasteiger partial charge in [-0.15, -0.1) is 11.3 Å². The smallest absolute Gasteiger partial charge is 0.329 e. The van der Waals surface area contributed by atoms with E-state index in [9.17, 15) is 9.59 Å². The molecular formula is C14H14N4O2S. The SMILES string of the molecule is Cn1c(=O)[nH]c(=O)c2[nH]c(-c3cc4c(s3)CCCC4)nc21. The van der Waals surface area contributed by atoms with Gasteiger partial charge >= 0.3 is 5.69 Å². The second-order valence-corrected chi connectivity index (χ2v) is 6.51. The normalized spacial score (nSPS) is 14.5. The molecule has 1 aliphatic rings. The van der Waals surface area contributed by atoms with Gasteiger partial charge in [0.2, 0.25) is 0 Å². The van der Waals surface area contributed by atoms with Gasteiger partial charge in [0.05, 0.1) is 4.88 Å². The van der Waals surface area contributed by atoms with E-state index in [1.807, 2.05) is 0 Å². The molecule has 0 fully saturated rings. The van der Waals surface area contributed by atoms with Gasteiger partial charge in [0.25, 0.3) is 5.56 Å². The van der Waals surface area contributed by atoms with E-state index in [-0.39, 0.29) is 0 Å². The number of fused-ring (bicyclic) bond motifs is 2. The molecular weight excluding hydrogens is 288 g/mol. The Morgan fingerprint density at radius 3 is 2.86 bits per heavy atom. The molecule has 3 heterocycles. The Morgan fingerprint density at radius 1 is 1.24 bits per heavy atom. The third kappa shape index (κ3) is 1.88. The lowest BCUT2D eigenvalue weighted by atomic mass is 9.99. The summed E-state index contributed by atoms with van der Waals surface area (Å²) < 4.78 is 1.35. The number of aromatic nitrogens is 4. The molecule has 4 rings (SSSR count). The molecule has 6 nitrogen and oxygen atoms in total. The largest absolute Gasteiger partial charge is 0.331 e. The molecule has 0 atom stereocenters. The quantitative estimate of drug-likeness (QED) is 0.715. The Hall–Kier alpha value is -2.15. The minimum Gasteiger partial charge on any atom is -0.331 e. The zero-order chi connectivity index (χ0) is 14.6. The maximum atomic E-state index is 11.9. The Labute approximate surface area is 123 Å². The summed E-state index contributed by atoms with van der Waals surface area (Å²) in [5.74, 6) is 0.663. The van der Waals surface area contributed by atoms with Gasteiger partial charge in [0.15, 0.2) is 11.5 Å². The lowest BCUT2D eigenvalue weighted by molar-refractivity contribution is 0.697.